The SMILES string of the molecule is C#CCOCCOCCOCC(=O)N(CCC)c1ccc(S(=O)(=O)Nc2cccc3cc[nH]c23)cc1. The summed E-state index contributed by atoms with van der Waals surface area (Å²) in [6.07, 6.45) is 7.58. The monoisotopic (exact) mass is 513 g/mol. The quantitative estimate of drug-likeness (QED) is 0.238. The van der Waals surface area contributed by atoms with Gasteiger partial charge in [0.2, 0.25) is 0 Å². The van der Waals surface area contributed by atoms with Crippen LogP contribution in [0.3, 0.4) is 0 Å². The summed E-state index contributed by atoms with van der Waals surface area (Å²) in [5, 5.41) is 0.905. The van der Waals surface area contributed by atoms with Crippen LogP contribution in [0.1, 0.15) is 13.3 Å². The Labute approximate surface area is 211 Å². The van der Waals surface area contributed by atoms with Gasteiger partial charge < -0.3 is 24.1 Å². The van der Waals surface area contributed by atoms with Crippen molar-refractivity contribution in [3.05, 3.63) is 54.7 Å². The molecular weight excluding hydrogens is 482 g/mol. The molecule has 0 bridgehead atoms. The van der Waals surface area contributed by atoms with E-state index in [0.29, 0.717) is 43.3 Å². The normalized spacial score (nSPS) is 11.3. The number of aromatic amines is 1. The third-order valence-electron chi connectivity index (χ3n) is 5.19. The molecule has 0 saturated heterocycles. The molecule has 2 N–H and O–H groups in total. The van der Waals surface area contributed by atoms with Gasteiger partial charge in [-0.3, -0.25) is 9.52 Å². The number of nitrogens with zero attached hydrogens (tertiary/aromatic N) is 1. The van der Waals surface area contributed by atoms with E-state index < -0.39 is 10.0 Å². The molecule has 0 saturated carbocycles. The molecule has 0 aliphatic rings. The predicted octanol–water partition coefficient (Wildman–Crippen LogP) is 3.39. The third-order valence-corrected chi connectivity index (χ3v) is 6.57. The lowest BCUT2D eigenvalue weighted by atomic mass is 10.2. The number of terminal acetylenes is 1. The molecule has 192 valence electrons. The van der Waals surface area contributed by atoms with E-state index >= 15 is 0 Å². The number of benzene rings is 2. The van der Waals surface area contributed by atoms with Gasteiger partial charge in [-0.25, -0.2) is 8.42 Å². The van der Waals surface area contributed by atoms with Crippen LogP contribution >= 0.6 is 0 Å². The van der Waals surface area contributed by atoms with Crippen molar-refractivity contribution in [1.82, 2.24) is 4.98 Å². The van der Waals surface area contributed by atoms with Crippen LogP contribution in [0.25, 0.3) is 10.9 Å². The molecule has 0 spiro atoms. The topological polar surface area (TPSA) is 110 Å². The second-order valence-electron chi connectivity index (χ2n) is 7.81. The number of fused-ring (bicyclic) bond motifs is 1. The maximum atomic E-state index is 13.0. The fraction of sp³-hybridized carbons (Fsp3) is 0.346. The minimum atomic E-state index is -3.82. The van der Waals surface area contributed by atoms with E-state index in [4.69, 9.17) is 20.6 Å². The minimum absolute atomic E-state index is 0.0957. The molecule has 3 rings (SSSR count). The van der Waals surface area contributed by atoms with Crippen molar-refractivity contribution in [3.8, 4) is 12.3 Å². The van der Waals surface area contributed by atoms with Gasteiger partial charge in [-0.1, -0.05) is 25.0 Å². The lowest BCUT2D eigenvalue weighted by Gasteiger charge is -2.22. The number of hydrogen-bond acceptors (Lipinski definition) is 6. The molecule has 3 aromatic rings. The fourth-order valence-corrected chi connectivity index (χ4v) is 4.58. The molecule has 0 fully saturated rings. The molecule has 1 heterocycles. The summed E-state index contributed by atoms with van der Waals surface area (Å²) < 4.78 is 44.4. The number of para-hydroxylation sites is 1. The molecule has 0 unspecified atom stereocenters. The summed E-state index contributed by atoms with van der Waals surface area (Å²) in [5.41, 5.74) is 1.77. The number of amides is 1. The van der Waals surface area contributed by atoms with Gasteiger partial charge in [-0.05, 0) is 42.8 Å². The molecule has 10 heteroatoms. The number of H-pyrrole nitrogens is 1. The first-order chi connectivity index (χ1) is 17.5. The van der Waals surface area contributed by atoms with E-state index in [2.05, 4.69) is 15.6 Å². The first-order valence-corrected chi connectivity index (χ1v) is 13.1. The second-order valence-corrected chi connectivity index (χ2v) is 9.50. The van der Waals surface area contributed by atoms with E-state index in [1.54, 1.807) is 35.4 Å². The van der Waals surface area contributed by atoms with Gasteiger partial charge in [0.15, 0.2) is 0 Å². The Morgan fingerprint density at radius 1 is 1.03 bits per heavy atom. The van der Waals surface area contributed by atoms with Crippen molar-refractivity contribution in [3.63, 3.8) is 0 Å². The molecular formula is C26H31N3O6S. The van der Waals surface area contributed by atoms with Gasteiger partial charge >= 0.3 is 0 Å². The summed E-state index contributed by atoms with van der Waals surface area (Å²) in [6, 6.07) is 13.5. The number of carbonyl (C=O) groups is 1. The molecule has 1 aromatic heterocycles. The van der Waals surface area contributed by atoms with Gasteiger partial charge in [0.05, 0.1) is 42.5 Å². The maximum Gasteiger partial charge on any atom is 0.261 e. The van der Waals surface area contributed by atoms with Crippen molar-refractivity contribution in [2.24, 2.45) is 0 Å². The zero-order chi connectivity index (χ0) is 25.8. The van der Waals surface area contributed by atoms with E-state index in [-0.39, 0.29) is 30.6 Å². The van der Waals surface area contributed by atoms with Crippen LogP contribution in [-0.2, 0) is 29.0 Å². The fourth-order valence-electron chi connectivity index (χ4n) is 3.51. The zero-order valence-electron chi connectivity index (χ0n) is 20.2. The van der Waals surface area contributed by atoms with Crippen LogP contribution in [0.15, 0.2) is 59.6 Å². The number of sulfonamides is 1. The van der Waals surface area contributed by atoms with Crippen molar-refractivity contribution < 1.29 is 27.4 Å². The number of hydrogen-bond donors (Lipinski definition) is 2. The van der Waals surface area contributed by atoms with Crippen LogP contribution in [0.2, 0.25) is 0 Å². The average Bonchev–Trinajstić information content (AvgIpc) is 3.36. The first kappa shape index (κ1) is 27.2. The highest BCUT2D eigenvalue weighted by Gasteiger charge is 2.19. The largest absolute Gasteiger partial charge is 0.377 e. The van der Waals surface area contributed by atoms with Crippen molar-refractivity contribution >= 4 is 38.2 Å². The van der Waals surface area contributed by atoms with Crippen LogP contribution in [0, 0.1) is 12.3 Å². The number of ether oxygens (including phenoxy) is 3. The Bertz CT molecular complexity index is 1260. The highest BCUT2D eigenvalue weighted by Crippen LogP contribution is 2.25. The van der Waals surface area contributed by atoms with Crippen LogP contribution < -0.4 is 9.62 Å². The van der Waals surface area contributed by atoms with Gasteiger partial charge in [-0.2, -0.15) is 0 Å². The molecule has 0 aliphatic carbocycles. The Morgan fingerprint density at radius 2 is 1.75 bits per heavy atom. The second kappa shape index (κ2) is 13.7. The van der Waals surface area contributed by atoms with Gasteiger partial charge in [0.1, 0.15) is 13.2 Å². The summed E-state index contributed by atoms with van der Waals surface area (Å²) in [7, 11) is -3.82. The standard InChI is InChI=1S/C26H31N3O6S/c1-3-14-29(25(30)20-35-19-18-34-17-16-33-15-4-2)22-8-10-23(11-9-22)36(31,32)28-24-7-5-6-21-12-13-27-26(21)24/h2,5-13,27-28H,3,14-20H2,1H3. The summed E-state index contributed by atoms with van der Waals surface area (Å²) in [6.45, 7) is 3.95. The maximum absolute atomic E-state index is 13.0. The van der Waals surface area contributed by atoms with E-state index in [1.807, 2.05) is 19.1 Å². The number of anilines is 2. The minimum Gasteiger partial charge on any atom is -0.377 e. The van der Waals surface area contributed by atoms with Crippen molar-refractivity contribution in [2.75, 3.05) is 55.8 Å². The Morgan fingerprint density at radius 3 is 2.47 bits per heavy atom. The number of aromatic nitrogens is 1. The highest BCUT2D eigenvalue weighted by atomic mass is 32.2. The van der Waals surface area contributed by atoms with E-state index in [9.17, 15) is 13.2 Å². The molecule has 1 amide bonds. The average molecular weight is 514 g/mol. The highest BCUT2D eigenvalue weighted by molar-refractivity contribution is 7.92. The van der Waals surface area contributed by atoms with E-state index in [0.717, 1.165) is 11.8 Å². The summed E-state index contributed by atoms with van der Waals surface area (Å²) in [4.78, 5) is 17.5. The van der Waals surface area contributed by atoms with Gasteiger partial charge in [-0.15, -0.1) is 6.42 Å². The third kappa shape index (κ3) is 7.57. The smallest absolute Gasteiger partial charge is 0.261 e. The predicted molar refractivity (Wildman–Crippen MR) is 139 cm³/mol. The van der Waals surface area contributed by atoms with Crippen LogP contribution in [0.4, 0.5) is 11.4 Å². The van der Waals surface area contributed by atoms with Crippen molar-refractivity contribution in [1.29, 1.82) is 0 Å². The van der Waals surface area contributed by atoms with Gasteiger partial charge in [0.25, 0.3) is 15.9 Å². The molecule has 9 nitrogen and oxygen atoms in total. The Balaban J connectivity index is 1.56. The van der Waals surface area contributed by atoms with Crippen molar-refractivity contribution in [2.45, 2.75) is 18.2 Å². The Kier molecular flexibility index (Phi) is 10.3. The number of carbonyl (C=O) groups excluding carboxylic acids is 1. The molecule has 36 heavy (non-hydrogen) atoms. The summed E-state index contributed by atoms with van der Waals surface area (Å²) >= 11 is 0. The van der Waals surface area contributed by atoms with Crippen LogP contribution in [0.5, 0.6) is 0 Å². The summed E-state index contributed by atoms with van der Waals surface area (Å²) in [5.74, 6) is 2.15. The molecule has 2 aromatic carbocycles. The molecule has 0 aliphatic heterocycles. The number of rotatable bonds is 15. The molecule has 0 atom stereocenters. The number of nitrogens with one attached hydrogen (secondary N) is 2. The Hall–Kier alpha value is -3.36. The molecule has 0 radical (unpaired) electrons. The van der Waals surface area contributed by atoms with E-state index in [1.165, 1.54) is 12.1 Å². The lowest BCUT2D eigenvalue weighted by molar-refractivity contribution is -0.123. The lowest BCUT2D eigenvalue weighted by Crippen LogP contribution is -2.35. The van der Waals surface area contributed by atoms with Gasteiger partial charge in [0, 0.05) is 23.8 Å². The zero-order valence-corrected chi connectivity index (χ0v) is 21.1. The van der Waals surface area contributed by atoms with Crippen LogP contribution in [-0.4, -0.2) is 65.5 Å². The first-order valence-electron chi connectivity index (χ1n) is 11.6.